The van der Waals surface area contributed by atoms with Crippen molar-refractivity contribution in [3.63, 3.8) is 0 Å². The molecule has 0 atom stereocenters. The maximum absolute atomic E-state index is 11.5. The van der Waals surface area contributed by atoms with Gasteiger partial charge in [0, 0.05) is 18.9 Å². The quantitative estimate of drug-likeness (QED) is 0.620. The monoisotopic (exact) mass is 188 g/mol. The summed E-state index contributed by atoms with van der Waals surface area (Å²) in [5.74, 6) is 0. The minimum atomic E-state index is -4.16. The summed E-state index contributed by atoms with van der Waals surface area (Å²) in [7, 11) is -1.90. The van der Waals surface area contributed by atoms with Crippen molar-refractivity contribution in [2.45, 2.75) is 18.6 Å². The topological polar surface area (TPSA) is 40.5 Å². The van der Waals surface area contributed by atoms with Crippen molar-refractivity contribution in [1.82, 2.24) is 0 Å². The van der Waals surface area contributed by atoms with Gasteiger partial charge in [-0.3, -0.25) is 0 Å². The van der Waals surface area contributed by atoms with Gasteiger partial charge in [0.15, 0.2) is 0 Å². The van der Waals surface area contributed by atoms with Crippen molar-refractivity contribution in [2.75, 3.05) is 12.5 Å². The Balaban J connectivity index is 3.51. The van der Waals surface area contributed by atoms with Crippen LogP contribution < -0.4 is 0 Å². The molecular formula is C5H11F3O2Si. The van der Waals surface area contributed by atoms with Gasteiger partial charge in [-0.2, -0.15) is 13.2 Å². The average molecular weight is 188 g/mol. The molecule has 0 aromatic rings. The molecule has 0 unspecified atom stereocenters. The van der Waals surface area contributed by atoms with Gasteiger partial charge in [0.1, 0.15) is 0 Å². The minimum Gasteiger partial charge on any atom is -0.400 e. The Morgan fingerprint density at radius 2 is 1.55 bits per heavy atom. The van der Waals surface area contributed by atoms with Crippen molar-refractivity contribution in [1.29, 1.82) is 0 Å². The van der Waals surface area contributed by atoms with Gasteiger partial charge in [0.2, 0.25) is 0 Å². The van der Waals surface area contributed by atoms with Crippen LogP contribution in [0.25, 0.3) is 0 Å². The number of hydrogen-bond donors (Lipinski definition) is 2. The molecule has 0 bridgehead atoms. The summed E-state index contributed by atoms with van der Waals surface area (Å²) in [5.41, 5.74) is 0. The molecule has 0 spiro atoms. The molecule has 0 aromatic carbocycles. The molecule has 2 nitrogen and oxygen atoms in total. The lowest BCUT2D eigenvalue weighted by molar-refractivity contribution is -0.130. The molecule has 6 heteroatoms. The molecule has 0 fully saturated rings. The van der Waals surface area contributed by atoms with Gasteiger partial charge in [-0.25, -0.2) is 0 Å². The van der Waals surface area contributed by atoms with Gasteiger partial charge < -0.3 is 10.2 Å². The third-order valence-electron chi connectivity index (χ3n) is 1.35. The number of halogens is 3. The first-order valence-electron chi connectivity index (χ1n) is 3.28. The van der Waals surface area contributed by atoms with Crippen molar-refractivity contribution >= 4 is 8.80 Å². The summed E-state index contributed by atoms with van der Waals surface area (Å²) in [6.07, 6.45) is -5.56. The molecule has 0 heterocycles. The van der Waals surface area contributed by atoms with Crippen LogP contribution in [0.15, 0.2) is 0 Å². The zero-order valence-electron chi connectivity index (χ0n) is 5.93. The van der Waals surface area contributed by atoms with Gasteiger partial charge in [0.25, 0.3) is 0 Å². The van der Waals surface area contributed by atoms with Crippen LogP contribution in [0.4, 0.5) is 13.2 Å². The number of hydrogen-bond acceptors (Lipinski definition) is 2. The van der Waals surface area contributed by atoms with Crippen LogP contribution in [0.3, 0.4) is 0 Å². The van der Waals surface area contributed by atoms with Crippen molar-refractivity contribution in [3.05, 3.63) is 0 Å². The molecule has 0 aliphatic heterocycles. The van der Waals surface area contributed by atoms with E-state index in [1.54, 1.807) is 0 Å². The van der Waals surface area contributed by atoms with Crippen molar-refractivity contribution in [3.8, 4) is 0 Å². The first-order chi connectivity index (χ1) is 4.99. The highest BCUT2D eigenvalue weighted by Gasteiger charge is 2.28. The Hall–Kier alpha value is -0.0731. The highest BCUT2D eigenvalue weighted by molar-refractivity contribution is 6.58. The Morgan fingerprint density at radius 1 is 1.09 bits per heavy atom. The van der Waals surface area contributed by atoms with E-state index in [-0.39, 0.29) is 18.5 Å². The Kier molecular flexibility index (Phi) is 4.70. The molecule has 0 saturated heterocycles. The summed E-state index contributed by atoms with van der Waals surface area (Å²) in [4.78, 5) is 0. The molecule has 0 radical (unpaired) electrons. The van der Waals surface area contributed by atoms with Gasteiger partial charge in [-0.15, -0.1) is 0 Å². The molecule has 0 aromatic heterocycles. The van der Waals surface area contributed by atoms with Gasteiger partial charge in [-0.1, -0.05) is 0 Å². The zero-order valence-corrected chi connectivity index (χ0v) is 7.09. The molecule has 11 heavy (non-hydrogen) atoms. The second kappa shape index (κ2) is 4.73. The van der Waals surface area contributed by atoms with E-state index in [1.807, 2.05) is 0 Å². The number of aliphatic hydroxyl groups is 2. The molecule has 68 valence electrons. The maximum Gasteiger partial charge on any atom is 0.388 e. The van der Waals surface area contributed by atoms with Crippen LogP contribution in [-0.2, 0) is 0 Å². The summed E-state index contributed by atoms with van der Waals surface area (Å²) < 4.78 is 34.6. The van der Waals surface area contributed by atoms with E-state index in [4.69, 9.17) is 10.2 Å². The van der Waals surface area contributed by atoms with E-state index >= 15 is 0 Å². The zero-order chi connectivity index (χ0) is 8.91. The maximum atomic E-state index is 11.5. The molecular weight excluding hydrogens is 177 g/mol. The fourth-order valence-corrected chi connectivity index (χ4v) is 1.82. The lowest BCUT2D eigenvalue weighted by atomic mass is 10.5. The summed E-state index contributed by atoms with van der Waals surface area (Å²) in [6, 6.07) is -0.0729. The Morgan fingerprint density at radius 3 is 1.82 bits per heavy atom. The predicted molar refractivity (Wildman–Crippen MR) is 36.8 cm³/mol. The van der Waals surface area contributed by atoms with Crippen LogP contribution >= 0.6 is 0 Å². The third-order valence-corrected chi connectivity index (χ3v) is 3.49. The van der Waals surface area contributed by atoms with Crippen LogP contribution in [0.5, 0.6) is 0 Å². The van der Waals surface area contributed by atoms with E-state index < -0.39 is 21.4 Å². The molecule has 0 aliphatic rings. The molecule has 0 saturated carbocycles. The second-order valence-electron chi connectivity index (χ2n) is 2.39. The largest absolute Gasteiger partial charge is 0.400 e. The minimum absolute atomic E-state index is 0.0729. The summed E-state index contributed by atoms with van der Waals surface area (Å²) in [6.45, 7) is 0. The second-order valence-corrected chi connectivity index (χ2v) is 5.42. The van der Waals surface area contributed by atoms with E-state index in [0.29, 0.717) is 0 Å². The fourth-order valence-electron chi connectivity index (χ4n) is 0.608. The van der Waals surface area contributed by atoms with Crippen LogP contribution in [0.1, 0.15) is 6.42 Å². The van der Waals surface area contributed by atoms with Gasteiger partial charge >= 0.3 is 6.18 Å². The van der Waals surface area contributed by atoms with E-state index in [1.165, 1.54) is 0 Å². The smallest absolute Gasteiger partial charge is 0.388 e. The highest BCUT2D eigenvalue weighted by Crippen LogP contribution is 2.22. The normalized spacial score (nSPS) is 12.5. The van der Waals surface area contributed by atoms with Crippen molar-refractivity contribution < 1.29 is 23.4 Å². The number of rotatable bonds is 4. The van der Waals surface area contributed by atoms with Gasteiger partial charge in [0.05, 0.1) is 8.80 Å². The van der Waals surface area contributed by atoms with Crippen LogP contribution in [0, 0.1) is 0 Å². The SMILES string of the molecule is OC[SiH](CO)CCC(F)(F)F. The fraction of sp³-hybridized carbons (Fsp3) is 1.00. The average Bonchev–Trinajstić information content (AvgIpc) is 1.88. The highest BCUT2D eigenvalue weighted by atomic mass is 28.3. The van der Waals surface area contributed by atoms with E-state index in [0.717, 1.165) is 0 Å². The standard InChI is InChI=1S/C5H11F3O2Si/c6-5(7,8)1-2-11(3-9)4-10/h9-11H,1-4H2. The molecule has 0 aliphatic carbocycles. The number of aliphatic hydroxyl groups excluding tert-OH is 2. The van der Waals surface area contributed by atoms with Crippen molar-refractivity contribution in [2.24, 2.45) is 0 Å². The van der Waals surface area contributed by atoms with Crippen LogP contribution in [-0.4, -0.2) is 37.6 Å². The Bertz CT molecular complexity index is 102. The first-order valence-corrected chi connectivity index (χ1v) is 5.73. The molecule has 0 rings (SSSR count). The Labute approximate surface area is 64.3 Å². The van der Waals surface area contributed by atoms with Gasteiger partial charge in [-0.05, 0) is 6.04 Å². The predicted octanol–water partition coefficient (Wildman–Crippen LogP) is 0.229. The lowest BCUT2D eigenvalue weighted by Gasteiger charge is -2.10. The molecule has 0 amide bonds. The number of alkyl halides is 3. The van der Waals surface area contributed by atoms with Crippen LogP contribution in [0.2, 0.25) is 6.04 Å². The first kappa shape index (κ1) is 10.9. The van der Waals surface area contributed by atoms with E-state index in [9.17, 15) is 13.2 Å². The van der Waals surface area contributed by atoms with E-state index in [2.05, 4.69) is 0 Å². The summed E-state index contributed by atoms with van der Waals surface area (Å²) >= 11 is 0. The summed E-state index contributed by atoms with van der Waals surface area (Å²) in [5, 5.41) is 16.9. The molecule has 2 N–H and O–H groups in total. The lowest BCUT2D eigenvalue weighted by Crippen LogP contribution is -2.26. The third kappa shape index (κ3) is 6.33.